The van der Waals surface area contributed by atoms with E-state index in [2.05, 4.69) is 60.4 Å². The number of aliphatic hydroxyl groups is 1. The van der Waals surface area contributed by atoms with Crippen LogP contribution in [0.5, 0.6) is 11.5 Å². The topological polar surface area (TPSA) is 41.9 Å². The van der Waals surface area contributed by atoms with Gasteiger partial charge < -0.3 is 14.6 Å². The van der Waals surface area contributed by atoms with Crippen LogP contribution in [-0.4, -0.2) is 36.3 Å². The van der Waals surface area contributed by atoms with Gasteiger partial charge in [-0.15, -0.1) is 0 Å². The Morgan fingerprint density at radius 2 is 1.62 bits per heavy atom. The first kappa shape index (κ1) is 22.4. The molecule has 3 atom stereocenters. The van der Waals surface area contributed by atoms with E-state index in [1.165, 1.54) is 11.1 Å². The SMILES string of the molecule is COc1ccc([C@@H]2CN(Cc3ccccc3)C[C@]2(C)C(C)O)cc1OCc1ccccc1. The summed E-state index contributed by atoms with van der Waals surface area (Å²) in [4.78, 5) is 2.45. The zero-order chi connectivity index (χ0) is 22.6. The number of rotatable bonds is 8. The minimum Gasteiger partial charge on any atom is -0.493 e. The molecule has 3 aromatic carbocycles. The van der Waals surface area contributed by atoms with Gasteiger partial charge in [-0.05, 0) is 35.7 Å². The first-order valence-corrected chi connectivity index (χ1v) is 11.3. The fraction of sp³-hybridized carbons (Fsp3) is 0.357. The fourth-order valence-electron chi connectivity index (χ4n) is 4.75. The van der Waals surface area contributed by atoms with Gasteiger partial charge in [0.15, 0.2) is 11.5 Å². The van der Waals surface area contributed by atoms with Gasteiger partial charge in [-0.25, -0.2) is 0 Å². The third-order valence-corrected chi connectivity index (χ3v) is 6.83. The van der Waals surface area contributed by atoms with Gasteiger partial charge in [-0.1, -0.05) is 73.7 Å². The molecular formula is C28H33NO3. The summed E-state index contributed by atoms with van der Waals surface area (Å²) in [7, 11) is 1.67. The zero-order valence-corrected chi connectivity index (χ0v) is 19.2. The summed E-state index contributed by atoms with van der Waals surface area (Å²) >= 11 is 0. The molecule has 1 unspecified atom stereocenters. The summed E-state index contributed by atoms with van der Waals surface area (Å²) in [5.41, 5.74) is 3.33. The van der Waals surface area contributed by atoms with Gasteiger partial charge in [0.25, 0.3) is 0 Å². The summed E-state index contributed by atoms with van der Waals surface area (Å²) in [6, 6.07) is 26.9. The van der Waals surface area contributed by atoms with E-state index in [9.17, 15) is 5.11 Å². The lowest BCUT2D eigenvalue weighted by molar-refractivity contribution is 0.0474. The van der Waals surface area contributed by atoms with Gasteiger partial charge >= 0.3 is 0 Å². The lowest BCUT2D eigenvalue weighted by Gasteiger charge is -2.34. The van der Waals surface area contributed by atoms with Crippen LogP contribution < -0.4 is 9.47 Å². The van der Waals surface area contributed by atoms with Crippen molar-refractivity contribution in [3.8, 4) is 11.5 Å². The van der Waals surface area contributed by atoms with Crippen LogP contribution in [0.15, 0.2) is 78.9 Å². The number of benzene rings is 3. The van der Waals surface area contributed by atoms with Gasteiger partial charge in [0.2, 0.25) is 0 Å². The maximum absolute atomic E-state index is 10.8. The Morgan fingerprint density at radius 3 is 2.25 bits per heavy atom. The number of aliphatic hydroxyl groups excluding tert-OH is 1. The molecule has 32 heavy (non-hydrogen) atoms. The Balaban J connectivity index is 1.58. The summed E-state index contributed by atoms with van der Waals surface area (Å²) < 4.78 is 11.7. The molecule has 3 aromatic rings. The second-order valence-electron chi connectivity index (χ2n) is 9.07. The predicted octanol–water partition coefficient (Wildman–Crippen LogP) is 5.26. The normalized spacial score (nSPS) is 21.9. The highest BCUT2D eigenvalue weighted by molar-refractivity contribution is 5.45. The van der Waals surface area contributed by atoms with E-state index in [0.717, 1.165) is 36.7 Å². The molecule has 168 valence electrons. The highest BCUT2D eigenvalue weighted by Crippen LogP contribution is 2.47. The maximum Gasteiger partial charge on any atom is 0.161 e. The Morgan fingerprint density at radius 1 is 0.969 bits per heavy atom. The minimum absolute atomic E-state index is 0.191. The van der Waals surface area contributed by atoms with Gasteiger partial charge in [-0.2, -0.15) is 0 Å². The Kier molecular flexibility index (Phi) is 6.83. The molecule has 0 aliphatic carbocycles. The van der Waals surface area contributed by atoms with Crippen molar-refractivity contribution in [3.05, 3.63) is 95.6 Å². The quantitative estimate of drug-likeness (QED) is 0.528. The predicted molar refractivity (Wildman–Crippen MR) is 128 cm³/mol. The molecular weight excluding hydrogens is 398 g/mol. The van der Waals surface area contributed by atoms with Crippen LogP contribution in [0.3, 0.4) is 0 Å². The van der Waals surface area contributed by atoms with Gasteiger partial charge in [-0.3, -0.25) is 4.90 Å². The molecule has 1 aliphatic rings. The minimum atomic E-state index is -0.427. The Hall–Kier alpha value is -2.82. The molecule has 0 saturated carbocycles. The zero-order valence-electron chi connectivity index (χ0n) is 19.2. The lowest BCUT2D eigenvalue weighted by Crippen LogP contribution is -2.37. The Bertz CT molecular complexity index is 1010. The highest BCUT2D eigenvalue weighted by atomic mass is 16.5. The van der Waals surface area contributed by atoms with Crippen molar-refractivity contribution in [1.82, 2.24) is 4.90 Å². The number of hydrogen-bond acceptors (Lipinski definition) is 4. The molecule has 1 saturated heterocycles. The molecule has 0 spiro atoms. The summed E-state index contributed by atoms with van der Waals surface area (Å²) in [6.07, 6.45) is -0.427. The summed E-state index contributed by atoms with van der Waals surface area (Å²) in [6.45, 7) is 7.21. The van der Waals surface area contributed by atoms with Crippen molar-refractivity contribution in [2.75, 3.05) is 20.2 Å². The smallest absolute Gasteiger partial charge is 0.161 e. The van der Waals surface area contributed by atoms with E-state index < -0.39 is 6.10 Å². The van der Waals surface area contributed by atoms with Crippen LogP contribution in [0.2, 0.25) is 0 Å². The number of likely N-dealkylation sites (tertiary alicyclic amines) is 1. The van der Waals surface area contributed by atoms with E-state index in [1.54, 1.807) is 7.11 Å². The van der Waals surface area contributed by atoms with Crippen molar-refractivity contribution in [3.63, 3.8) is 0 Å². The van der Waals surface area contributed by atoms with E-state index in [-0.39, 0.29) is 11.3 Å². The largest absolute Gasteiger partial charge is 0.493 e. The van der Waals surface area contributed by atoms with Gasteiger partial charge in [0.1, 0.15) is 6.61 Å². The molecule has 0 aromatic heterocycles. The van der Waals surface area contributed by atoms with Crippen molar-refractivity contribution < 1.29 is 14.6 Å². The molecule has 1 heterocycles. The average Bonchev–Trinajstić information content (AvgIpc) is 3.16. The Labute approximate surface area is 191 Å². The molecule has 4 heteroatoms. The van der Waals surface area contributed by atoms with Crippen LogP contribution in [0, 0.1) is 5.41 Å². The maximum atomic E-state index is 10.8. The number of methoxy groups -OCH3 is 1. The van der Waals surface area contributed by atoms with Crippen molar-refractivity contribution in [1.29, 1.82) is 0 Å². The van der Waals surface area contributed by atoms with Crippen molar-refractivity contribution in [2.24, 2.45) is 5.41 Å². The number of nitrogens with zero attached hydrogens (tertiary/aromatic N) is 1. The third-order valence-electron chi connectivity index (χ3n) is 6.83. The number of hydrogen-bond donors (Lipinski definition) is 1. The van der Waals surface area contributed by atoms with Crippen molar-refractivity contribution >= 4 is 0 Å². The van der Waals surface area contributed by atoms with E-state index in [1.807, 2.05) is 37.3 Å². The summed E-state index contributed by atoms with van der Waals surface area (Å²) in [5, 5.41) is 10.8. The molecule has 1 aliphatic heterocycles. The van der Waals surface area contributed by atoms with Gasteiger partial charge in [0.05, 0.1) is 13.2 Å². The van der Waals surface area contributed by atoms with Crippen LogP contribution >= 0.6 is 0 Å². The second-order valence-corrected chi connectivity index (χ2v) is 9.07. The van der Waals surface area contributed by atoms with Crippen LogP contribution in [0.25, 0.3) is 0 Å². The van der Waals surface area contributed by atoms with E-state index >= 15 is 0 Å². The standard InChI is InChI=1S/C28H33NO3/c1-21(30)28(2)20-29(17-22-10-6-4-7-11-22)18-25(28)24-14-15-26(31-3)27(16-24)32-19-23-12-8-5-9-13-23/h4-16,21,25,30H,17-20H2,1-3H3/t21?,25-,28+/m0/s1. The summed E-state index contributed by atoms with van der Waals surface area (Å²) in [5.74, 6) is 1.65. The lowest BCUT2D eigenvalue weighted by atomic mass is 9.72. The fourth-order valence-corrected chi connectivity index (χ4v) is 4.75. The molecule has 0 amide bonds. The second kappa shape index (κ2) is 9.76. The highest BCUT2D eigenvalue weighted by Gasteiger charge is 2.46. The van der Waals surface area contributed by atoms with Crippen LogP contribution in [0.1, 0.15) is 36.5 Å². The van der Waals surface area contributed by atoms with Gasteiger partial charge in [0, 0.05) is 31.0 Å². The van der Waals surface area contributed by atoms with Crippen LogP contribution in [-0.2, 0) is 13.2 Å². The first-order chi connectivity index (χ1) is 15.5. The van der Waals surface area contributed by atoms with E-state index in [0.29, 0.717) is 6.61 Å². The first-order valence-electron chi connectivity index (χ1n) is 11.3. The molecule has 4 nitrogen and oxygen atoms in total. The monoisotopic (exact) mass is 431 g/mol. The number of ether oxygens (including phenoxy) is 2. The average molecular weight is 432 g/mol. The third kappa shape index (κ3) is 4.82. The van der Waals surface area contributed by atoms with E-state index in [4.69, 9.17) is 9.47 Å². The van der Waals surface area contributed by atoms with Crippen molar-refractivity contribution in [2.45, 2.75) is 39.0 Å². The molecule has 1 fully saturated rings. The molecule has 0 radical (unpaired) electrons. The molecule has 4 rings (SSSR count). The molecule has 0 bridgehead atoms. The van der Waals surface area contributed by atoms with Crippen LogP contribution in [0.4, 0.5) is 0 Å². The molecule has 1 N–H and O–H groups in total.